The minimum absolute atomic E-state index is 0.147. The first-order valence-corrected chi connectivity index (χ1v) is 12.0. The van der Waals surface area contributed by atoms with Gasteiger partial charge in [0.05, 0.1) is 24.1 Å². The highest BCUT2D eigenvalue weighted by atomic mass is 35.5. The lowest BCUT2D eigenvalue weighted by Gasteiger charge is -2.31. The second-order valence-corrected chi connectivity index (χ2v) is 9.85. The Bertz CT molecular complexity index is 1230. The molecule has 1 aliphatic rings. The molecule has 3 aromatic rings. The van der Waals surface area contributed by atoms with Gasteiger partial charge in [-0.25, -0.2) is 8.42 Å². The lowest BCUT2D eigenvalue weighted by molar-refractivity contribution is -0.115. The summed E-state index contributed by atoms with van der Waals surface area (Å²) in [5.41, 5.74) is 3.04. The summed E-state index contributed by atoms with van der Waals surface area (Å²) >= 11 is 5.89. The van der Waals surface area contributed by atoms with Gasteiger partial charge in [-0.3, -0.25) is 9.10 Å². The molecule has 32 heavy (non-hydrogen) atoms. The lowest BCUT2D eigenvalue weighted by atomic mass is 10.0. The predicted octanol–water partition coefficient (Wildman–Crippen LogP) is 4.67. The van der Waals surface area contributed by atoms with Crippen molar-refractivity contribution in [3.8, 4) is 5.75 Å². The average molecular weight is 471 g/mol. The summed E-state index contributed by atoms with van der Waals surface area (Å²) in [5, 5.41) is 3.52. The third-order valence-corrected chi connectivity index (χ3v) is 7.44. The van der Waals surface area contributed by atoms with Gasteiger partial charge in [-0.15, -0.1) is 0 Å². The Morgan fingerprint density at radius 1 is 1.06 bits per heavy atom. The number of aryl methyl sites for hydroxylation is 1. The van der Waals surface area contributed by atoms with Crippen LogP contribution in [0, 0.1) is 0 Å². The Morgan fingerprint density at radius 3 is 2.47 bits per heavy atom. The van der Waals surface area contributed by atoms with Crippen LogP contribution in [0.2, 0.25) is 5.02 Å². The van der Waals surface area contributed by atoms with E-state index in [-0.39, 0.29) is 17.2 Å². The zero-order valence-electron chi connectivity index (χ0n) is 17.5. The molecule has 1 amide bonds. The van der Waals surface area contributed by atoms with Crippen molar-refractivity contribution in [1.29, 1.82) is 0 Å². The molecule has 0 spiro atoms. The quantitative estimate of drug-likeness (QED) is 0.568. The molecule has 166 valence electrons. The first-order valence-electron chi connectivity index (χ1n) is 10.2. The number of sulfonamides is 1. The minimum atomic E-state index is -3.70. The molecular formula is C24H23ClN2O4S. The maximum Gasteiger partial charge on any atom is 0.264 e. The van der Waals surface area contributed by atoms with Crippen LogP contribution in [0.4, 0.5) is 11.4 Å². The highest BCUT2D eigenvalue weighted by molar-refractivity contribution is 7.92. The minimum Gasteiger partial charge on any atom is -0.497 e. The number of amides is 1. The molecule has 4 rings (SSSR count). The molecule has 0 aromatic heterocycles. The number of nitrogens with one attached hydrogen (secondary N) is 1. The largest absolute Gasteiger partial charge is 0.497 e. The van der Waals surface area contributed by atoms with Crippen molar-refractivity contribution in [3.05, 3.63) is 82.9 Å². The van der Waals surface area contributed by atoms with Crippen molar-refractivity contribution in [2.24, 2.45) is 0 Å². The number of rotatable bonds is 6. The number of anilines is 2. The smallest absolute Gasteiger partial charge is 0.264 e. The second-order valence-electron chi connectivity index (χ2n) is 7.55. The number of hydrogen-bond donors (Lipinski definition) is 1. The molecule has 1 heterocycles. The standard InChI is InChI=1S/C24H23ClN2O4S/c1-31-21-9-11-22(12-10-21)32(29,30)27-14-2-3-18-16-20(8-13-23(18)27)26-24(28)15-17-4-6-19(25)7-5-17/h4-13,16H,2-3,14-15H2,1H3,(H,26,28). The van der Waals surface area contributed by atoms with Crippen molar-refractivity contribution in [2.75, 3.05) is 23.3 Å². The molecule has 6 nitrogen and oxygen atoms in total. The van der Waals surface area contributed by atoms with E-state index in [2.05, 4.69) is 5.32 Å². The lowest BCUT2D eigenvalue weighted by Crippen LogP contribution is -2.35. The number of fused-ring (bicyclic) bond motifs is 1. The zero-order chi connectivity index (χ0) is 22.7. The van der Waals surface area contributed by atoms with Gasteiger partial charge in [0, 0.05) is 17.3 Å². The van der Waals surface area contributed by atoms with Crippen LogP contribution in [0.5, 0.6) is 5.75 Å². The van der Waals surface area contributed by atoms with E-state index >= 15 is 0 Å². The van der Waals surface area contributed by atoms with E-state index in [9.17, 15) is 13.2 Å². The summed E-state index contributed by atoms with van der Waals surface area (Å²) in [5.74, 6) is 0.452. The number of methoxy groups -OCH3 is 1. The van der Waals surface area contributed by atoms with Gasteiger partial charge in [-0.05, 0) is 78.6 Å². The van der Waals surface area contributed by atoms with E-state index in [1.807, 2.05) is 18.2 Å². The molecule has 0 bridgehead atoms. The summed E-state index contributed by atoms with van der Waals surface area (Å²) in [4.78, 5) is 12.6. The van der Waals surface area contributed by atoms with Crippen LogP contribution in [0.3, 0.4) is 0 Å². The van der Waals surface area contributed by atoms with Gasteiger partial charge in [0.2, 0.25) is 5.91 Å². The van der Waals surface area contributed by atoms with Gasteiger partial charge in [0.25, 0.3) is 10.0 Å². The second kappa shape index (κ2) is 9.22. The predicted molar refractivity (Wildman–Crippen MR) is 126 cm³/mol. The van der Waals surface area contributed by atoms with Crippen molar-refractivity contribution in [1.82, 2.24) is 0 Å². The van der Waals surface area contributed by atoms with Crippen LogP contribution in [0.1, 0.15) is 17.5 Å². The van der Waals surface area contributed by atoms with E-state index in [0.29, 0.717) is 35.1 Å². The van der Waals surface area contributed by atoms with Gasteiger partial charge in [0.1, 0.15) is 5.75 Å². The Labute approximate surface area is 192 Å². The number of halogens is 1. The normalized spacial score (nSPS) is 13.4. The van der Waals surface area contributed by atoms with Crippen LogP contribution in [0.25, 0.3) is 0 Å². The SMILES string of the molecule is COc1ccc(S(=O)(=O)N2CCCc3cc(NC(=O)Cc4ccc(Cl)cc4)ccc32)cc1. The molecule has 1 N–H and O–H groups in total. The summed E-state index contributed by atoms with van der Waals surface area (Å²) in [6.45, 7) is 0.406. The fourth-order valence-corrected chi connectivity index (χ4v) is 5.42. The highest BCUT2D eigenvalue weighted by Gasteiger charge is 2.29. The highest BCUT2D eigenvalue weighted by Crippen LogP contribution is 2.34. The number of carbonyl (C=O) groups is 1. The third kappa shape index (κ3) is 4.74. The van der Waals surface area contributed by atoms with E-state index in [0.717, 1.165) is 17.5 Å². The number of nitrogens with zero attached hydrogens (tertiary/aromatic N) is 1. The summed E-state index contributed by atoms with van der Waals surface area (Å²) < 4.78 is 33.1. The van der Waals surface area contributed by atoms with Crippen LogP contribution < -0.4 is 14.4 Å². The first kappa shape index (κ1) is 22.2. The van der Waals surface area contributed by atoms with Gasteiger partial charge >= 0.3 is 0 Å². The molecule has 0 fully saturated rings. The molecular weight excluding hydrogens is 448 g/mol. The average Bonchev–Trinajstić information content (AvgIpc) is 2.80. The van der Waals surface area contributed by atoms with E-state index in [4.69, 9.17) is 16.3 Å². The van der Waals surface area contributed by atoms with Gasteiger partial charge in [-0.2, -0.15) is 0 Å². The third-order valence-electron chi connectivity index (χ3n) is 5.36. The van der Waals surface area contributed by atoms with E-state index < -0.39 is 10.0 Å². The first-order chi connectivity index (χ1) is 15.4. The van der Waals surface area contributed by atoms with Gasteiger partial charge in [-0.1, -0.05) is 23.7 Å². The van der Waals surface area contributed by atoms with Gasteiger partial charge < -0.3 is 10.1 Å². The number of benzene rings is 3. The molecule has 0 unspecified atom stereocenters. The summed E-state index contributed by atoms with van der Waals surface area (Å²) in [7, 11) is -2.16. The number of hydrogen-bond acceptors (Lipinski definition) is 4. The molecule has 0 saturated heterocycles. The molecule has 3 aromatic carbocycles. The van der Waals surface area contributed by atoms with E-state index in [1.165, 1.54) is 11.4 Å². The Morgan fingerprint density at radius 2 is 1.78 bits per heavy atom. The molecule has 0 radical (unpaired) electrons. The van der Waals surface area contributed by atoms with Crippen molar-refractivity contribution < 1.29 is 17.9 Å². The van der Waals surface area contributed by atoms with Crippen LogP contribution in [-0.4, -0.2) is 28.0 Å². The maximum absolute atomic E-state index is 13.2. The molecule has 0 atom stereocenters. The monoisotopic (exact) mass is 470 g/mol. The fraction of sp³-hybridized carbons (Fsp3) is 0.208. The fourth-order valence-electron chi connectivity index (χ4n) is 3.76. The molecule has 1 aliphatic heterocycles. The Hall–Kier alpha value is -3.03. The van der Waals surface area contributed by atoms with Crippen LogP contribution >= 0.6 is 11.6 Å². The van der Waals surface area contributed by atoms with Crippen molar-refractivity contribution in [3.63, 3.8) is 0 Å². The summed E-state index contributed by atoms with van der Waals surface area (Å²) in [6.07, 6.45) is 1.67. The maximum atomic E-state index is 13.2. The number of carbonyl (C=O) groups excluding carboxylic acids is 1. The van der Waals surface area contributed by atoms with E-state index in [1.54, 1.807) is 48.5 Å². The molecule has 0 saturated carbocycles. The van der Waals surface area contributed by atoms with Gasteiger partial charge in [0.15, 0.2) is 0 Å². The zero-order valence-corrected chi connectivity index (χ0v) is 19.1. The molecule has 8 heteroatoms. The Balaban J connectivity index is 1.53. The van der Waals surface area contributed by atoms with Crippen LogP contribution in [-0.2, 0) is 27.7 Å². The van der Waals surface area contributed by atoms with Crippen molar-refractivity contribution in [2.45, 2.75) is 24.2 Å². The van der Waals surface area contributed by atoms with Crippen molar-refractivity contribution >= 4 is 38.9 Å². The molecule has 0 aliphatic carbocycles. The van der Waals surface area contributed by atoms with Crippen LogP contribution in [0.15, 0.2) is 71.6 Å². The Kier molecular flexibility index (Phi) is 6.39. The summed E-state index contributed by atoms with van der Waals surface area (Å²) in [6, 6.07) is 18.9. The number of ether oxygens (including phenoxy) is 1. The topological polar surface area (TPSA) is 75.7 Å².